The maximum absolute atomic E-state index is 12.6. The fourth-order valence-electron chi connectivity index (χ4n) is 6.18. The van der Waals surface area contributed by atoms with Crippen LogP contribution >= 0.6 is 7.82 Å². The Kier molecular flexibility index (Phi) is 45.1. The third-order valence-corrected chi connectivity index (χ3v) is 10.7. The van der Waals surface area contributed by atoms with Crippen LogP contribution in [0.15, 0.2) is 97.2 Å². The predicted octanol–water partition coefficient (Wildman–Crippen LogP) is 14.6. The van der Waals surface area contributed by atoms with Crippen LogP contribution in [-0.4, -0.2) is 49.3 Å². The van der Waals surface area contributed by atoms with E-state index in [4.69, 9.17) is 24.3 Å². The molecule has 9 nitrogen and oxygen atoms in total. The molecule has 0 aromatic rings. The van der Waals surface area contributed by atoms with Crippen molar-refractivity contribution >= 4 is 19.8 Å². The summed E-state index contributed by atoms with van der Waals surface area (Å²) < 4.78 is 32.7. The highest BCUT2D eigenvalue weighted by molar-refractivity contribution is 7.47. The molecule has 0 fully saturated rings. The Morgan fingerprint density at radius 2 is 0.887 bits per heavy atom. The van der Waals surface area contributed by atoms with Crippen LogP contribution in [0.3, 0.4) is 0 Å². The van der Waals surface area contributed by atoms with Gasteiger partial charge in [0.05, 0.1) is 13.2 Å². The van der Waals surface area contributed by atoms with Crippen molar-refractivity contribution in [3.8, 4) is 0 Å². The summed E-state index contributed by atoms with van der Waals surface area (Å²) in [5.41, 5.74) is 5.34. The van der Waals surface area contributed by atoms with Crippen LogP contribution in [0.25, 0.3) is 0 Å². The Labute approximate surface area is 378 Å². The second-order valence-electron chi connectivity index (χ2n) is 15.6. The highest BCUT2D eigenvalue weighted by atomic mass is 31.2. The second kappa shape index (κ2) is 47.4. The molecule has 2 atom stereocenters. The molecule has 0 saturated carbocycles. The normalized spacial score (nSPS) is 14.1. The van der Waals surface area contributed by atoms with E-state index in [1.165, 1.54) is 57.8 Å². The molecule has 62 heavy (non-hydrogen) atoms. The number of carbonyl (C=O) groups excluding carboxylic acids is 2. The standard InChI is InChI=1S/C52H88NO8P/c1-3-5-7-9-11-13-14-15-16-17-18-19-20-21-22-23-24-25-26-27-28-29-30-31-32-33-34-35-36-37-39-41-43-45-52(55)61-50(49-60-62(56,57)59-47-46-53)48-58-51(54)44-42-40-38-12-10-8-6-4-2/h5,7,11,13,15-16,18-19,21-22,24-25,27-28,30-31,50H,3-4,6,8-10,12,14,17,20,23,26,29,32-49,53H2,1-2H3,(H,56,57)/b7-5-,13-11-,16-15-,19-18-,22-21-,25-24-,28-27-,31-30-. The number of hydrogen-bond acceptors (Lipinski definition) is 8. The zero-order valence-corrected chi connectivity index (χ0v) is 40.0. The summed E-state index contributed by atoms with van der Waals surface area (Å²) in [6.07, 6.45) is 61.8. The van der Waals surface area contributed by atoms with Crippen molar-refractivity contribution in [1.29, 1.82) is 0 Å². The van der Waals surface area contributed by atoms with Crippen molar-refractivity contribution in [2.75, 3.05) is 26.4 Å². The van der Waals surface area contributed by atoms with Gasteiger partial charge in [-0.25, -0.2) is 4.57 Å². The van der Waals surface area contributed by atoms with Gasteiger partial charge in [0, 0.05) is 19.4 Å². The van der Waals surface area contributed by atoms with Gasteiger partial charge in [-0.2, -0.15) is 0 Å². The summed E-state index contributed by atoms with van der Waals surface area (Å²) in [7, 11) is -4.38. The number of allylic oxidation sites excluding steroid dienone is 16. The molecule has 0 aliphatic carbocycles. The second-order valence-corrected chi connectivity index (χ2v) is 17.1. The third-order valence-electron chi connectivity index (χ3n) is 9.73. The van der Waals surface area contributed by atoms with Crippen LogP contribution in [-0.2, 0) is 32.7 Å². The van der Waals surface area contributed by atoms with E-state index in [9.17, 15) is 19.0 Å². The van der Waals surface area contributed by atoms with E-state index in [-0.39, 0.29) is 32.6 Å². The first-order valence-electron chi connectivity index (χ1n) is 24.2. The summed E-state index contributed by atoms with van der Waals surface area (Å²) in [4.78, 5) is 34.8. The lowest BCUT2D eigenvalue weighted by molar-refractivity contribution is -0.161. The van der Waals surface area contributed by atoms with E-state index in [1.807, 2.05) is 0 Å². The lowest BCUT2D eigenvalue weighted by Crippen LogP contribution is -2.29. The lowest BCUT2D eigenvalue weighted by atomic mass is 10.1. The van der Waals surface area contributed by atoms with Gasteiger partial charge in [-0.15, -0.1) is 0 Å². The minimum absolute atomic E-state index is 0.0482. The number of hydrogen-bond donors (Lipinski definition) is 2. The number of nitrogens with two attached hydrogens (primary N) is 1. The Morgan fingerprint density at radius 3 is 1.32 bits per heavy atom. The molecule has 0 aromatic carbocycles. The molecule has 0 aliphatic rings. The highest BCUT2D eigenvalue weighted by Crippen LogP contribution is 2.43. The summed E-state index contributed by atoms with van der Waals surface area (Å²) in [6.45, 7) is 3.55. The maximum Gasteiger partial charge on any atom is 0.472 e. The topological polar surface area (TPSA) is 134 Å². The lowest BCUT2D eigenvalue weighted by Gasteiger charge is -2.19. The van der Waals surface area contributed by atoms with Gasteiger partial charge >= 0.3 is 19.8 Å². The van der Waals surface area contributed by atoms with Crippen LogP contribution in [0.5, 0.6) is 0 Å². The zero-order chi connectivity index (χ0) is 45.3. The van der Waals surface area contributed by atoms with Gasteiger partial charge in [0.15, 0.2) is 6.10 Å². The van der Waals surface area contributed by atoms with Gasteiger partial charge in [-0.05, 0) is 77.0 Å². The van der Waals surface area contributed by atoms with Crippen molar-refractivity contribution in [3.05, 3.63) is 97.2 Å². The van der Waals surface area contributed by atoms with Crippen molar-refractivity contribution in [2.24, 2.45) is 5.73 Å². The number of carbonyl (C=O) groups is 2. The average molecular weight is 886 g/mol. The number of unbranched alkanes of at least 4 members (excludes halogenated alkanes) is 15. The largest absolute Gasteiger partial charge is 0.472 e. The molecule has 0 heterocycles. The first kappa shape index (κ1) is 58.9. The fraction of sp³-hybridized carbons (Fsp3) is 0.654. The molecule has 0 radical (unpaired) electrons. The Hall–Kier alpha value is -3.07. The first-order valence-corrected chi connectivity index (χ1v) is 25.7. The smallest absolute Gasteiger partial charge is 0.462 e. The minimum atomic E-state index is -4.38. The number of phosphoric ester groups is 1. The number of rotatable bonds is 44. The summed E-state index contributed by atoms with van der Waals surface area (Å²) in [5, 5.41) is 0. The molecule has 0 aliphatic heterocycles. The van der Waals surface area contributed by atoms with Gasteiger partial charge in [0.25, 0.3) is 0 Å². The molecular weight excluding hydrogens is 798 g/mol. The molecule has 3 N–H and O–H groups in total. The Balaban J connectivity index is 3.99. The molecule has 0 amide bonds. The van der Waals surface area contributed by atoms with Crippen molar-refractivity contribution < 1.29 is 37.6 Å². The first-order chi connectivity index (χ1) is 30.3. The van der Waals surface area contributed by atoms with Crippen LogP contribution in [0, 0.1) is 0 Å². The van der Waals surface area contributed by atoms with Crippen molar-refractivity contribution in [1.82, 2.24) is 0 Å². The molecule has 0 rings (SSSR count). The number of ether oxygens (including phenoxy) is 2. The maximum atomic E-state index is 12.6. The van der Waals surface area contributed by atoms with E-state index < -0.39 is 32.5 Å². The van der Waals surface area contributed by atoms with Crippen molar-refractivity contribution in [3.63, 3.8) is 0 Å². The minimum Gasteiger partial charge on any atom is -0.462 e. The van der Waals surface area contributed by atoms with Crippen LogP contribution in [0.1, 0.15) is 187 Å². The average Bonchev–Trinajstić information content (AvgIpc) is 3.26. The van der Waals surface area contributed by atoms with Crippen LogP contribution in [0.4, 0.5) is 0 Å². The molecule has 0 bridgehead atoms. The van der Waals surface area contributed by atoms with E-state index in [2.05, 4.69) is 111 Å². The number of phosphoric acid groups is 1. The summed E-state index contributed by atoms with van der Waals surface area (Å²) in [5.74, 6) is -0.849. The van der Waals surface area contributed by atoms with Crippen LogP contribution in [0.2, 0.25) is 0 Å². The fourth-order valence-corrected chi connectivity index (χ4v) is 6.94. The molecule has 2 unspecified atom stereocenters. The highest BCUT2D eigenvalue weighted by Gasteiger charge is 2.26. The molecular formula is C52H88NO8P. The summed E-state index contributed by atoms with van der Waals surface area (Å²) >= 11 is 0. The molecule has 10 heteroatoms. The quantitative estimate of drug-likeness (QED) is 0.0265. The van der Waals surface area contributed by atoms with E-state index in [0.717, 1.165) is 96.3 Å². The van der Waals surface area contributed by atoms with Crippen molar-refractivity contribution in [2.45, 2.75) is 193 Å². The number of esters is 2. The monoisotopic (exact) mass is 886 g/mol. The van der Waals surface area contributed by atoms with Gasteiger partial charge in [-0.1, -0.05) is 195 Å². The predicted molar refractivity (Wildman–Crippen MR) is 261 cm³/mol. The molecule has 0 saturated heterocycles. The molecule has 0 spiro atoms. The third kappa shape index (κ3) is 46.4. The van der Waals surface area contributed by atoms with Gasteiger partial charge in [0.1, 0.15) is 6.61 Å². The van der Waals surface area contributed by atoms with E-state index in [1.54, 1.807) is 0 Å². The molecule has 0 aromatic heterocycles. The SMILES string of the molecule is CC/C=C\C/C=C\C/C=C\C/C=C\C/C=C\C/C=C\C/C=C\C/C=C\CCCCCCCCCCC(=O)OC(COC(=O)CCCCCCCCCC)COP(=O)(O)OCCN. The van der Waals surface area contributed by atoms with Crippen LogP contribution < -0.4 is 5.73 Å². The zero-order valence-electron chi connectivity index (χ0n) is 39.1. The van der Waals surface area contributed by atoms with E-state index in [0.29, 0.717) is 6.42 Å². The Morgan fingerprint density at radius 1 is 0.500 bits per heavy atom. The van der Waals surface area contributed by atoms with Gasteiger partial charge in [0.2, 0.25) is 0 Å². The Bertz CT molecular complexity index is 1330. The van der Waals surface area contributed by atoms with E-state index >= 15 is 0 Å². The molecule has 354 valence electrons. The van der Waals surface area contributed by atoms with Gasteiger partial charge < -0.3 is 20.1 Å². The summed E-state index contributed by atoms with van der Waals surface area (Å²) in [6, 6.07) is 0. The van der Waals surface area contributed by atoms with Gasteiger partial charge in [-0.3, -0.25) is 18.6 Å².